The highest BCUT2D eigenvalue weighted by molar-refractivity contribution is 5.90. The predicted octanol–water partition coefficient (Wildman–Crippen LogP) is 3.29. The number of alkyl carbamates (subject to hydrolysis) is 2. The van der Waals surface area contributed by atoms with Crippen LogP contribution in [0.1, 0.15) is 73.6 Å². The number of hydrogen-bond donors (Lipinski definition) is 2. The van der Waals surface area contributed by atoms with Gasteiger partial charge in [0.25, 0.3) is 0 Å². The Balaban J connectivity index is 2.75. The van der Waals surface area contributed by atoms with Gasteiger partial charge in [0.15, 0.2) is 0 Å². The van der Waals surface area contributed by atoms with Crippen molar-refractivity contribution in [2.75, 3.05) is 19.7 Å². The van der Waals surface area contributed by atoms with Crippen LogP contribution in [0.15, 0.2) is 12.7 Å². The van der Waals surface area contributed by atoms with E-state index < -0.39 is 41.4 Å². The molecular weight excluding hydrogens is 442 g/mol. The molecule has 0 saturated carbocycles. The molecule has 1 rings (SSSR count). The molecule has 0 bridgehead atoms. The summed E-state index contributed by atoms with van der Waals surface area (Å²) in [6.07, 6.45) is 2.85. The molecule has 3 amide bonds. The molecule has 10 nitrogen and oxygen atoms in total. The average Bonchev–Trinajstić information content (AvgIpc) is 3.17. The minimum absolute atomic E-state index is 0.0710. The number of carbonyl (C=O) groups excluding carboxylic acids is 4. The molecule has 1 aliphatic rings. The number of nitrogens with zero attached hydrogens (tertiary/aromatic N) is 1. The molecule has 34 heavy (non-hydrogen) atoms. The van der Waals surface area contributed by atoms with Crippen molar-refractivity contribution in [3.63, 3.8) is 0 Å². The van der Waals surface area contributed by atoms with E-state index in [1.54, 1.807) is 41.5 Å². The second kappa shape index (κ2) is 13.2. The Kier molecular flexibility index (Phi) is 11.4. The molecule has 10 heteroatoms. The fourth-order valence-corrected chi connectivity index (χ4v) is 3.40. The van der Waals surface area contributed by atoms with Crippen LogP contribution in [0.3, 0.4) is 0 Å². The molecule has 0 spiro atoms. The van der Waals surface area contributed by atoms with Gasteiger partial charge in [-0.25, -0.2) is 14.4 Å². The van der Waals surface area contributed by atoms with Gasteiger partial charge in [-0.3, -0.25) is 4.79 Å². The molecule has 1 aliphatic heterocycles. The van der Waals surface area contributed by atoms with Gasteiger partial charge in [0.2, 0.25) is 5.91 Å². The van der Waals surface area contributed by atoms with Crippen LogP contribution in [0.4, 0.5) is 9.59 Å². The van der Waals surface area contributed by atoms with E-state index in [0.717, 1.165) is 0 Å². The summed E-state index contributed by atoms with van der Waals surface area (Å²) in [7, 11) is 0. The monoisotopic (exact) mass is 483 g/mol. The summed E-state index contributed by atoms with van der Waals surface area (Å²) in [5.41, 5.74) is -1.31. The van der Waals surface area contributed by atoms with Crippen molar-refractivity contribution in [1.82, 2.24) is 15.5 Å². The van der Waals surface area contributed by atoms with Crippen LogP contribution in [0, 0.1) is 0 Å². The number of rotatable bonds is 10. The second-order valence-electron chi connectivity index (χ2n) is 10.2. The van der Waals surface area contributed by atoms with E-state index in [9.17, 15) is 19.2 Å². The fraction of sp³-hybridized carbons (Fsp3) is 0.750. The molecular formula is C24H41N3O7. The van der Waals surface area contributed by atoms with E-state index in [1.165, 1.54) is 11.0 Å². The average molecular weight is 484 g/mol. The highest BCUT2D eigenvalue weighted by atomic mass is 16.6. The number of nitrogens with one attached hydrogen (secondary N) is 2. The van der Waals surface area contributed by atoms with Gasteiger partial charge in [0.1, 0.15) is 29.9 Å². The van der Waals surface area contributed by atoms with Crippen molar-refractivity contribution < 1.29 is 33.4 Å². The third-order valence-electron chi connectivity index (χ3n) is 4.73. The van der Waals surface area contributed by atoms with Crippen LogP contribution >= 0.6 is 0 Å². The molecule has 0 aromatic rings. The summed E-state index contributed by atoms with van der Waals surface area (Å²) >= 11 is 0. The van der Waals surface area contributed by atoms with Crippen molar-refractivity contribution in [3.05, 3.63) is 12.7 Å². The molecule has 1 heterocycles. The second-order valence-corrected chi connectivity index (χ2v) is 10.2. The number of esters is 1. The normalized spacial score (nSPS) is 16.9. The summed E-state index contributed by atoms with van der Waals surface area (Å²) in [6, 6.07) is -1.56. The van der Waals surface area contributed by atoms with Crippen molar-refractivity contribution in [2.24, 2.45) is 0 Å². The number of amides is 3. The molecule has 2 N–H and O–H groups in total. The Bertz CT molecular complexity index is 725. The van der Waals surface area contributed by atoms with Gasteiger partial charge in [-0.2, -0.15) is 0 Å². The molecule has 0 aliphatic carbocycles. The first-order valence-electron chi connectivity index (χ1n) is 11.8. The fourth-order valence-electron chi connectivity index (χ4n) is 3.40. The van der Waals surface area contributed by atoms with Crippen molar-refractivity contribution in [2.45, 2.75) is 96.9 Å². The van der Waals surface area contributed by atoms with Crippen molar-refractivity contribution in [1.29, 1.82) is 0 Å². The smallest absolute Gasteiger partial charge is 0.408 e. The lowest BCUT2D eigenvalue weighted by Crippen LogP contribution is -2.52. The summed E-state index contributed by atoms with van der Waals surface area (Å²) < 4.78 is 15.7. The number of hydrogen-bond acceptors (Lipinski definition) is 7. The Hall–Kier alpha value is -2.78. The summed E-state index contributed by atoms with van der Waals surface area (Å²) in [5, 5.41) is 5.32. The van der Waals surface area contributed by atoms with E-state index in [2.05, 4.69) is 17.2 Å². The lowest BCUT2D eigenvalue weighted by atomic mass is 10.1. The number of carbonyl (C=O) groups is 4. The lowest BCUT2D eigenvalue weighted by Gasteiger charge is -2.29. The zero-order valence-electron chi connectivity index (χ0n) is 21.4. The minimum Gasteiger partial charge on any atom is -0.460 e. The highest BCUT2D eigenvalue weighted by Crippen LogP contribution is 2.21. The zero-order valence-corrected chi connectivity index (χ0v) is 21.4. The van der Waals surface area contributed by atoms with Gasteiger partial charge in [-0.1, -0.05) is 12.7 Å². The Labute approximate surface area is 202 Å². The Morgan fingerprint density at radius 1 is 1.03 bits per heavy atom. The minimum atomic E-state index is -0.871. The van der Waals surface area contributed by atoms with Crippen LogP contribution < -0.4 is 10.6 Å². The number of unbranched alkanes of at least 4 members (excludes halogenated alkanes) is 1. The third-order valence-corrected chi connectivity index (χ3v) is 4.73. The zero-order chi connectivity index (χ0) is 25.9. The molecule has 194 valence electrons. The molecule has 1 saturated heterocycles. The third kappa shape index (κ3) is 11.4. The van der Waals surface area contributed by atoms with Crippen molar-refractivity contribution in [3.8, 4) is 0 Å². The number of ether oxygens (including phenoxy) is 3. The van der Waals surface area contributed by atoms with Gasteiger partial charge < -0.3 is 29.7 Å². The summed E-state index contributed by atoms with van der Waals surface area (Å²) in [6.45, 7) is 14.9. The van der Waals surface area contributed by atoms with E-state index in [-0.39, 0.29) is 12.5 Å². The number of likely N-dealkylation sites (tertiary alicyclic amines) is 1. The predicted molar refractivity (Wildman–Crippen MR) is 127 cm³/mol. The molecule has 0 aromatic carbocycles. The lowest BCUT2D eigenvalue weighted by molar-refractivity contribution is -0.153. The first kappa shape index (κ1) is 29.3. The first-order chi connectivity index (χ1) is 15.7. The van der Waals surface area contributed by atoms with E-state index in [4.69, 9.17) is 14.2 Å². The van der Waals surface area contributed by atoms with Gasteiger partial charge in [-0.05, 0) is 73.6 Å². The van der Waals surface area contributed by atoms with Crippen LogP contribution in [0.2, 0.25) is 0 Å². The maximum atomic E-state index is 13.3. The van der Waals surface area contributed by atoms with E-state index >= 15 is 0 Å². The van der Waals surface area contributed by atoms with Gasteiger partial charge in [-0.15, -0.1) is 0 Å². The van der Waals surface area contributed by atoms with Crippen LogP contribution in [-0.2, 0) is 23.8 Å². The topological polar surface area (TPSA) is 123 Å². The maximum absolute atomic E-state index is 13.3. The standard InChI is InChI=1S/C24H41N3O7/c1-8-16-32-20(29)18-13-11-15-27(18)19(28)17(26-22(31)34-24(5,6)7)12-9-10-14-25-21(30)33-23(2,3)4/h8,17-18H,1,9-16H2,2-7H3,(H,25,30)(H,26,31)/t17?,18-/m0/s1. The van der Waals surface area contributed by atoms with Gasteiger partial charge in [0, 0.05) is 13.1 Å². The summed E-state index contributed by atoms with van der Waals surface area (Å²) in [5.74, 6) is -0.840. The van der Waals surface area contributed by atoms with E-state index in [1.807, 2.05) is 0 Å². The van der Waals surface area contributed by atoms with Crippen molar-refractivity contribution >= 4 is 24.1 Å². The quantitative estimate of drug-likeness (QED) is 0.211. The Morgan fingerprint density at radius 3 is 2.24 bits per heavy atom. The SMILES string of the molecule is C=CCOC(=O)[C@@H]1CCCN1C(=O)C(CCCCNC(=O)OC(C)(C)C)NC(=O)OC(C)(C)C. The highest BCUT2D eigenvalue weighted by Gasteiger charge is 2.38. The maximum Gasteiger partial charge on any atom is 0.408 e. The van der Waals surface area contributed by atoms with Gasteiger partial charge in [0.05, 0.1) is 0 Å². The molecule has 1 unspecified atom stereocenters. The molecule has 2 atom stereocenters. The Morgan fingerprint density at radius 2 is 1.65 bits per heavy atom. The molecule has 0 radical (unpaired) electrons. The van der Waals surface area contributed by atoms with Crippen LogP contribution in [0.25, 0.3) is 0 Å². The first-order valence-corrected chi connectivity index (χ1v) is 11.8. The van der Waals surface area contributed by atoms with Gasteiger partial charge >= 0.3 is 18.2 Å². The van der Waals surface area contributed by atoms with E-state index in [0.29, 0.717) is 45.2 Å². The van der Waals surface area contributed by atoms with Crippen LogP contribution in [-0.4, -0.2) is 71.9 Å². The summed E-state index contributed by atoms with van der Waals surface area (Å²) in [4.78, 5) is 51.3. The molecule has 1 fully saturated rings. The molecule has 0 aromatic heterocycles. The largest absolute Gasteiger partial charge is 0.460 e. The van der Waals surface area contributed by atoms with Crippen LogP contribution in [0.5, 0.6) is 0 Å².